The van der Waals surface area contributed by atoms with Gasteiger partial charge in [0.2, 0.25) is 0 Å². The van der Waals surface area contributed by atoms with E-state index < -0.39 is 0 Å². The van der Waals surface area contributed by atoms with Crippen LogP contribution in [0.15, 0.2) is 0 Å². The van der Waals surface area contributed by atoms with Crippen LogP contribution in [-0.2, 0) is 4.74 Å². The van der Waals surface area contributed by atoms with Crippen LogP contribution < -0.4 is 5.32 Å². The van der Waals surface area contributed by atoms with E-state index >= 15 is 0 Å². The maximum absolute atomic E-state index is 6.17. The highest BCUT2D eigenvalue weighted by atomic mass is 16.5. The number of rotatable bonds is 5. The standard InChI is InChI=1S/C17H34N2O/c1-6-18-15-9-7-8-14(15)10-11-19-12-16(2,3)20-17(4,5)13-19/h14-15,18H,6-13H2,1-5H3. The summed E-state index contributed by atoms with van der Waals surface area (Å²) < 4.78 is 6.17. The zero-order valence-corrected chi connectivity index (χ0v) is 14.2. The Labute approximate surface area is 125 Å². The van der Waals surface area contributed by atoms with Gasteiger partial charge in [-0.15, -0.1) is 0 Å². The molecule has 2 aliphatic rings. The second-order valence-corrected chi connectivity index (χ2v) is 7.98. The van der Waals surface area contributed by atoms with Crippen molar-refractivity contribution >= 4 is 0 Å². The monoisotopic (exact) mass is 282 g/mol. The third kappa shape index (κ3) is 4.44. The normalized spacial score (nSPS) is 33.5. The van der Waals surface area contributed by atoms with Crippen LogP contribution in [0.3, 0.4) is 0 Å². The van der Waals surface area contributed by atoms with E-state index in [4.69, 9.17) is 4.74 Å². The fraction of sp³-hybridized carbons (Fsp3) is 1.00. The van der Waals surface area contributed by atoms with Gasteiger partial charge in [-0.25, -0.2) is 0 Å². The van der Waals surface area contributed by atoms with Crippen molar-refractivity contribution in [2.24, 2.45) is 5.92 Å². The minimum absolute atomic E-state index is 0.0154. The molecule has 20 heavy (non-hydrogen) atoms. The smallest absolute Gasteiger partial charge is 0.0760 e. The molecule has 3 nitrogen and oxygen atoms in total. The maximum atomic E-state index is 6.17. The zero-order valence-electron chi connectivity index (χ0n) is 14.2. The van der Waals surface area contributed by atoms with Gasteiger partial charge in [-0.1, -0.05) is 13.3 Å². The molecule has 0 bridgehead atoms. The third-order valence-electron chi connectivity index (χ3n) is 4.70. The maximum Gasteiger partial charge on any atom is 0.0760 e. The van der Waals surface area contributed by atoms with Gasteiger partial charge < -0.3 is 10.1 Å². The highest BCUT2D eigenvalue weighted by molar-refractivity contribution is 4.90. The van der Waals surface area contributed by atoms with Crippen molar-refractivity contribution in [3.05, 3.63) is 0 Å². The molecule has 1 saturated heterocycles. The molecule has 1 saturated carbocycles. The summed E-state index contributed by atoms with van der Waals surface area (Å²) in [6.07, 6.45) is 5.53. The minimum Gasteiger partial charge on any atom is -0.367 e. The molecule has 3 heteroatoms. The average molecular weight is 282 g/mol. The van der Waals surface area contributed by atoms with Crippen molar-refractivity contribution < 1.29 is 4.74 Å². The summed E-state index contributed by atoms with van der Waals surface area (Å²) in [5.74, 6) is 0.879. The van der Waals surface area contributed by atoms with Crippen LogP contribution in [0.2, 0.25) is 0 Å². The van der Waals surface area contributed by atoms with Gasteiger partial charge in [0, 0.05) is 19.1 Å². The topological polar surface area (TPSA) is 24.5 Å². The lowest BCUT2D eigenvalue weighted by Crippen LogP contribution is -2.57. The number of ether oxygens (including phenoxy) is 1. The molecule has 0 aromatic rings. The van der Waals surface area contributed by atoms with E-state index in [0.717, 1.165) is 31.6 Å². The Morgan fingerprint density at radius 1 is 1.10 bits per heavy atom. The first-order valence-corrected chi connectivity index (χ1v) is 8.47. The van der Waals surface area contributed by atoms with Crippen LogP contribution in [0.5, 0.6) is 0 Å². The van der Waals surface area contributed by atoms with E-state index in [1.165, 1.54) is 32.2 Å². The van der Waals surface area contributed by atoms with Crippen LogP contribution >= 0.6 is 0 Å². The summed E-state index contributed by atoms with van der Waals surface area (Å²) in [6.45, 7) is 15.6. The van der Waals surface area contributed by atoms with Crippen molar-refractivity contribution in [2.75, 3.05) is 26.2 Å². The summed E-state index contributed by atoms with van der Waals surface area (Å²) in [7, 11) is 0. The molecule has 1 heterocycles. The van der Waals surface area contributed by atoms with E-state index in [1.807, 2.05) is 0 Å². The Balaban J connectivity index is 1.84. The van der Waals surface area contributed by atoms with E-state index in [2.05, 4.69) is 44.8 Å². The number of hydrogen-bond acceptors (Lipinski definition) is 3. The zero-order chi connectivity index (χ0) is 14.8. The van der Waals surface area contributed by atoms with Crippen molar-refractivity contribution in [2.45, 2.75) is 77.5 Å². The molecule has 0 spiro atoms. The average Bonchev–Trinajstić information content (AvgIpc) is 2.70. The second-order valence-electron chi connectivity index (χ2n) is 7.98. The quantitative estimate of drug-likeness (QED) is 0.839. The number of hydrogen-bond donors (Lipinski definition) is 1. The van der Waals surface area contributed by atoms with Gasteiger partial charge in [-0.05, 0) is 66.0 Å². The van der Waals surface area contributed by atoms with Gasteiger partial charge in [0.25, 0.3) is 0 Å². The number of nitrogens with zero attached hydrogens (tertiary/aromatic N) is 1. The van der Waals surface area contributed by atoms with Gasteiger partial charge >= 0.3 is 0 Å². The molecule has 2 unspecified atom stereocenters. The summed E-state index contributed by atoms with van der Waals surface area (Å²) in [4.78, 5) is 2.62. The van der Waals surface area contributed by atoms with Crippen LogP contribution in [0.25, 0.3) is 0 Å². The Hall–Kier alpha value is -0.120. The SMILES string of the molecule is CCNC1CCCC1CCN1CC(C)(C)OC(C)(C)C1. The molecule has 118 valence electrons. The Kier molecular flexibility index (Phi) is 5.14. The third-order valence-corrected chi connectivity index (χ3v) is 4.70. The largest absolute Gasteiger partial charge is 0.367 e. The van der Waals surface area contributed by atoms with Crippen molar-refractivity contribution in [1.29, 1.82) is 0 Å². The Bertz CT molecular complexity index is 298. The van der Waals surface area contributed by atoms with Gasteiger partial charge in [0.15, 0.2) is 0 Å². The van der Waals surface area contributed by atoms with E-state index in [1.54, 1.807) is 0 Å². The molecule has 0 aromatic heterocycles. The first-order valence-electron chi connectivity index (χ1n) is 8.47. The summed E-state index contributed by atoms with van der Waals surface area (Å²) in [5, 5.41) is 3.67. The van der Waals surface area contributed by atoms with E-state index in [0.29, 0.717) is 0 Å². The van der Waals surface area contributed by atoms with Crippen LogP contribution in [0, 0.1) is 5.92 Å². The van der Waals surface area contributed by atoms with Crippen molar-refractivity contribution in [3.8, 4) is 0 Å². The molecule has 1 aliphatic carbocycles. The first kappa shape index (κ1) is 16.3. The molecule has 2 fully saturated rings. The van der Waals surface area contributed by atoms with Crippen LogP contribution in [-0.4, -0.2) is 48.3 Å². The summed E-state index contributed by atoms with van der Waals surface area (Å²) >= 11 is 0. The van der Waals surface area contributed by atoms with E-state index in [-0.39, 0.29) is 11.2 Å². The summed E-state index contributed by atoms with van der Waals surface area (Å²) in [5.41, 5.74) is -0.0308. The predicted molar refractivity (Wildman–Crippen MR) is 85.1 cm³/mol. The Morgan fingerprint density at radius 3 is 2.35 bits per heavy atom. The molecule has 0 aromatic carbocycles. The molecular formula is C17H34N2O. The van der Waals surface area contributed by atoms with Crippen molar-refractivity contribution in [3.63, 3.8) is 0 Å². The first-order chi connectivity index (χ1) is 9.31. The lowest BCUT2D eigenvalue weighted by Gasteiger charge is -2.47. The molecule has 1 aliphatic heterocycles. The van der Waals surface area contributed by atoms with Gasteiger partial charge in [0.1, 0.15) is 0 Å². The Morgan fingerprint density at radius 2 is 1.75 bits per heavy atom. The second kappa shape index (κ2) is 6.33. The summed E-state index contributed by atoms with van der Waals surface area (Å²) in [6, 6.07) is 0.766. The molecule has 2 rings (SSSR count). The van der Waals surface area contributed by atoms with Gasteiger partial charge in [-0.2, -0.15) is 0 Å². The predicted octanol–water partition coefficient (Wildman–Crippen LogP) is 3.04. The van der Waals surface area contributed by atoms with Crippen molar-refractivity contribution in [1.82, 2.24) is 10.2 Å². The molecular weight excluding hydrogens is 248 g/mol. The fourth-order valence-electron chi connectivity index (χ4n) is 4.37. The number of morpholine rings is 1. The minimum atomic E-state index is -0.0154. The lowest BCUT2D eigenvalue weighted by atomic mass is 9.96. The molecule has 0 radical (unpaired) electrons. The highest BCUT2D eigenvalue weighted by Gasteiger charge is 2.38. The fourth-order valence-corrected chi connectivity index (χ4v) is 4.37. The van der Waals surface area contributed by atoms with E-state index in [9.17, 15) is 0 Å². The highest BCUT2D eigenvalue weighted by Crippen LogP contribution is 2.31. The van der Waals surface area contributed by atoms with Gasteiger partial charge in [-0.3, -0.25) is 4.90 Å². The lowest BCUT2D eigenvalue weighted by molar-refractivity contribution is -0.180. The molecule has 1 N–H and O–H groups in total. The number of nitrogens with one attached hydrogen (secondary N) is 1. The molecule has 0 amide bonds. The molecule has 2 atom stereocenters. The van der Waals surface area contributed by atoms with Crippen LogP contribution in [0.4, 0.5) is 0 Å². The van der Waals surface area contributed by atoms with Gasteiger partial charge in [0.05, 0.1) is 11.2 Å². The van der Waals surface area contributed by atoms with Crippen LogP contribution in [0.1, 0.15) is 60.3 Å².